The summed E-state index contributed by atoms with van der Waals surface area (Å²) < 4.78 is 17.1. The molecule has 7 heteroatoms. The van der Waals surface area contributed by atoms with Gasteiger partial charge in [0.25, 0.3) is 0 Å². The zero-order valence-electron chi connectivity index (χ0n) is 21.3. The molecule has 194 valence electrons. The molecule has 0 atom stereocenters. The fraction of sp³-hybridized carbons (Fsp3) is 0.0303. The third kappa shape index (κ3) is 4.23. The van der Waals surface area contributed by atoms with Crippen molar-refractivity contribution in [1.29, 1.82) is 0 Å². The van der Waals surface area contributed by atoms with Gasteiger partial charge in [-0.05, 0) is 34.4 Å². The zero-order valence-corrected chi connectivity index (χ0v) is 21.3. The molecule has 0 radical (unpaired) electrons. The van der Waals surface area contributed by atoms with Crippen LogP contribution in [0.15, 0.2) is 128 Å². The van der Waals surface area contributed by atoms with E-state index >= 15 is 4.39 Å². The third-order valence-corrected chi connectivity index (χ3v) is 6.98. The van der Waals surface area contributed by atoms with E-state index in [0.717, 1.165) is 22.3 Å². The molecule has 0 unspecified atom stereocenters. The Hall–Kier alpha value is -5.43. The minimum atomic E-state index is -1.02. The number of halogens is 1. The predicted molar refractivity (Wildman–Crippen MR) is 154 cm³/mol. The van der Waals surface area contributed by atoms with Crippen LogP contribution in [0.1, 0.15) is 27.9 Å². The molecule has 4 aromatic carbocycles. The maximum Gasteiger partial charge on any atom is 0.305 e. The first-order chi connectivity index (χ1) is 19.6. The molecule has 0 saturated carbocycles. The van der Waals surface area contributed by atoms with Crippen molar-refractivity contribution in [2.75, 3.05) is 0 Å². The summed E-state index contributed by atoms with van der Waals surface area (Å²) in [5.74, 6) is -0.926. The molecule has 0 fully saturated rings. The van der Waals surface area contributed by atoms with Gasteiger partial charge < -0.3 is 0 Å². The molecule has 0 saturated heterocycles. The Morgan fingerprint density at radius 3 is 1.85 bits per heavy atom. The maximum atomic E-state index is 15.3. The van der Waals surface area contributed by atoms with E-state index in [-0.39, 0.29) is 0 Å². The smallest absolute Gasteiger partial charge is 0.264 e. The number of nitrogens with zero attached hydrogens (tertiary/aromatic N) is 4. The van der Waals surface area contributed by atoms with Crippen LogP contribution in [0, 0.1) is 15.9 Å². The molecule has 6 aromatic rings. The Bertz CT molecular complexity index is 1720. The molecular formula is C33H23FN4O2. The Kier molecular flexibility index (Phi) is 6.46. The van der Waals surface area contributed by atoms with E-state index in [1.165, 1.54) is 12.1 Å². The number of pyridine rings is 1. The van der Waals surface area contributed by atoms with Gasteiger partial charge in [0, 0.05) is 29.9 Å². The van der Waals surface area contributed by atoms with Crippen LogP contribution in [0.4, 0.5) is 10.1 Å². The Morgan fingerprint density at radius 2 is 1.35 bits per heavy atom. The highest BCUT2D eigenvalue weighted by atomic mass is 19.1. The summed E-state index contributed by atoms with van der Waals surface area (Å²) in [6, 6.07) is 35.8. The summed E-state index contributed by atoms with van der Waals surface area (Å²) in [4.78, 5) is 15.2. The largest absolute Gasteiger partial charge is 0.305 e. The molecule has 2 aromatic heterocycles. The first-order valence-corrected chi connectivity index (χ1v) is 12.7. The average Bonchev–Trinajstić information content (AvgIpc) is 3.35. The monoisotopic (exact) mass is 526 g/mol. The molecule has 40 heavy (non-hydrogen) atoms. The summed E-state index contributed by atoms with van der Waals surface area (Å²) in [6.07, 6.45) is 7.01. The number of hydrogen-bond donors (Lipinski definition) is 0. The molecule has 0 bridgehead atoms. The maximum absolute atomic E-state index is 15.3. The Balaban J connectivity index is 1.75. The Labute approximate surface area is 229 Å². The predicted octanol–water partition coefficient (Wildman–Crippen LogP) is 7.49. The number of hydrogen-bond acceptors (Lipinski definition) is 4. The van der Waals surface area contributed by atoms with Crippen molar-refractivity contribution in [3.63, 3.8) is 0 Å². The van der Waals surface area contributed by atoms with Crippen LogP contribution in [-0.4, -0.2) is 19.7 Å². The van der Waals surface area contributed by atoms with Gasteiger partial charge in [-0.2, -0.15) is 9.49 Å². The molecule has 6 nitrogen and oxygen atoms in total. The van der Waals surface area contributed by atoms with E-state index in [4.69, 9.17) is 5.10 Å². The second kappa shape index (κ2) is 10.4. The third-order valence-electron chi connectivity index (χ3n) is 6.98. The number of aromatic nitrogens is 3. The van der Waals surface area contributed by atoms with Crippen LogP contribution < -0.4 is 0 Å². The van der Waals surface area contributed by atoms with Gasteiger partial charge in [0.05, 0.1) is 16.1 Å². The van der Waals surface area contributed by atoms with Gasteiger partial charge in [0.15, 0.2) is 0 Å². The zero-order chi connectivity index (χ0) is 27.5. The van der Waals surface area contributed by atoms with Gasteiger partial charge in [-0.25, -0.2) is 4.68 Å². The minimum absolute atomic E-state index is 0.422. The van der Waals surface area contributed by atoms with Crippen LogP contribution in [0.2, 0.25) is 0 Å². The van der Waals surface area contributed by atoms with Crippen molar-refractivity contribution in [1.82, 2.24) is 14.8 Å². The second-order valence-corrected chi connectivity index (χ2v) is 9.30. The lowest BCUT2D eigenvalue weighted by molar-refractivity contribution is -0.387. The van der Waals surface area contributed by atoms with E-state index in [0.29, 0.717) is 16.6 Å². The van der Waals surface area contributed by atoms with Gasteiger partial charge in [-0.15, -0.1) is 0 Å². The first-order valence-electron chi connectivity index (χ1n) is 12.7. The molecule has 0 amide bonds. The molecular weight excluding hydrogens is 503 g/mol. The molecule has 0 aliphatic carbocycles. The van der Waals surface area contributed by atoms with Gasteiger partial charge in [0.2, 0.25) is 5.82 Å². The number of nitro groups is 1. The van der Waals surface area contributed by atoms with Crippen molar-refractivity contribution in [3.8, 4) is 0 Å². The van der Waals surface area contributed by atoms with Gasteiger partial charge in [-0.3, -0.25) is 15.1 Å². The van der Waals surface area contributed by atoms with E-state index in [1.54, 1.807) is 23.2 Å². The van der Waals surface area contributed by atoms with Crippen molar-refractivity contribution in [2.45, 2.75) is 5.54 Å². The number of fused-ring (bicyclic) bond motifs is 1. The van der Waals surface area contributed by atoms with Gasteiger partial charge in [-0.1, -0.05) is 103 Å². The van der Waals surface area contributed by atoms with Gasteiger partial charge >= 0.3 is 5.69 Å². The lowest BCUT2D eigenvalue weighted by atomic mass is 9.77. The van der Waals surface area contributed by atoms with E-state index in [1.807, 2.05) is 109 Å². The summed E-state index contributed by atoms with van der Waals surface area (Å²) in [5.41, 5.74) is 2.80. The minimum Gasteiger partial charge on any atom is -0.264 e. The van der Waals surface area contributed by atoms with Gasteiger partial charge in [0.1, 0.15) is 5.54 Å². The highest BCUT2D eigenvalue weighted by Crippen LogP contribution is 2.43. The summed E-state index contributed by atoms with van der Waals surface area (Å²) >= 11 is 0. The van der Waals surface area contributed by atoms with Crippen molar-refractivity contribution in [3.05, 3.63) is 172 Å². The second-order valence-electron chi connectivity index (χ2n) is 9.30. The Morgan fingerprint density at radius 1 is 0.775 bits per heavy atom. The normalized spacial score (nSPS) is 11.7. The summed E-state index contributed by atoms with van der Waals surface area (Å²) in [7, 11) is 0. The lowest BCUT2D eigenvalue weighted by Gasteiger charge is -2.37. The van der Waals surface area contributed by atoms with Crippen molar-refractivity contribution >= 4 is 28.7 Å². The lowest BCUT2D eigenvalue weighted by Crippen LogP contribution is -2.38. The molecule has 0 spiro atoms. The van der Waals surface area contributed by atoms with Crippen LogP contribution in [0.5, 0.6) is 0 Å². The number of rotatable bonds is 7. The number of benzene rings is 4. The fourth-order valence-electron chi connectivity index (χ4n) is 5.22. The van der Waals surface area contributed by atoms with E-state index in [9.17, 15) is 10.1 Å². The van der Waals surface area contributed by atoms with E-state index in [2.05, 4.69) is 4.98 Å². The molecule has 0 aliphatic rings. The number of nitro benzene ring substituents is 1. The topological polar surface area (TPSA) is 73.8 Å². The quantitative estimate of drug-likeness (QED) is 0.123. The summed E-state index contributed by atoms with van der Waals surface area (Å²) in [6.45, 7) is 0. The highest BCUT2D eigenvalue weighted by Gasteiger charge is 2.41. The molecule has 2 heterocycles. The fourth-order valence-corrected chi connectivity index (χ4v) is 5.22. The van der Waals surface area contributed by atoms with Crippen molar-refractivity contribution < 1.29 is 9.31 Å². The molecule has 6 rings (SSSR count). The average molecular weight is 527 g/mol. The molecule has 0 N–H and O–H groups in total. The highest BCUT2D eigenvalue weighted by molar-refractivity contribution is 5.92. The molecule has 0 aliphatic heterocycles. The SMILES string of the molecule is O=[N+]([O-])c1cc2c(/C=C/c3cccnc3)nn(C(c3ccccc3)(c3ccccc3)c3ccccc3)c2cc1F. The van der Waals surface area contributed by atoms with Crippen molar-refractivity contribution in [2.24, 2.45) is 0 Å². The van der Waals surface area contributed by atoms with E-state index < -0.39 is 22.0 Å². The first kappa shape index (κ1) is 24.9. The van der Waals surface area contributed by atoms with Crippen LogP contribution in [0.3, 0.4) is 0 Å². The standard InChI is InChI=1S/C33H23FN4O2/c34-29-22-31-28(21-32(29)38(39)40)30(19-18-24-11-10-20-35-23-24)36-37(31)33(25-12-4-1-5-13-25,26-14-6-2-7-15-26)27-16-8-3-9-17-27/h1-23H/b19-18+. The van der Waals surface area contributed by atoms with Crippen LogP contribution in [0.25, 0.3) is 23.1 Å². The summed E-state index contributed by atoms with van der Waals surface area (Å²) in [5, 5.41) is 17.3. The van der Waals surface area contributed by atoms with Crippen LogP contribution >= 0.6 is 0 Å². The van der Waals surface area contributed by atoms with Crippen LogP contribution in [-0.2, 0) is 5.54 Å².